The lowest BCUT2D eigenvalue weighted by Gasteiger charge is -2.11. The zero-order valence-corrected chi connectivity index (χ0v) is 16.8. The van der Waals surface area contributed by atoms with Gasteiger partial charge in [0.15, 0.2) is 0 Å². The second kappa shape index (κ2) is 7.13. The molecule has 6 nitrogen and oxygen atoms in total. The third kappa shape index (κ3) is 3.69. The Morgan fingerprint density at radius 2 is 2.04 bits per heavy atom. The number of hydrogen-bond donors (Lipinski definition) is 1. The van der Waals surface area contributed by atoms with Crippen LogP contribution in [0.3, 0.4) is 0 Å². The first-order chi connectivity index (χ1) is 11.9. The quantitative estimate of drug-likeness (QED) is 0.652. The molecule has 0 aliphatic heterocycles. The molecule has 2 aromatic heterocycles. The van der Waals surface area contributed by atoms with Gasteiger partial charge in [0.1, 0.15) is 0 Å². The largest absolute Gasteiger partial charge is 0.326 e. The Kier molecular flexibility index (Phi) is 5.10. The SMILES string of the molecule is CSc1nc2nc(C)c(CC(=O)Nc3ccc(Br)c(C)c3)c(C)n2n1. The fourth-order valence-electron chi connectivity index (χ4n) is 2.62. The molecule has 0 aliphatic rings. The van der Waals surface area contributed by atoms with E-state index in [9.17, 15) is 4.79 Å². The highest BCUT2D eigenvalue weighted by atomic mass is 79.9. The van der Waals surface area contributed by atoms with Gasteiger partial charge in [-0.05, 0) is 50.8 Å². The predicted molar refractivity (Wildman–Crippen MR) is 103 cm³/mol. The van der Waals surface area contributed by atoms with E-state index in [0.717, 1.165) is 32.7 Å². The molecule has 0 saturated heterocycles. The van der Waals surface area contributed by atoms with Crippen LogP contribution in [0, 0.1) is 20.8 Å². The summed E-state index contributed by atoms with van der Waals surface area (Å²) in [6.45, 7) is 5.82. The van der Waals surface area contributed by atoms with E-state index >= 15 is 0 Å². The van der Waals surface area contributed by atoms with E-state index in [-0.39, 0.29) is 12.3 Å². The van der Waals surface area contributed by atoms with Gasteiger partial charge in [0.25, 0.3) is 5.78 Å². The highest BCUT2D eigenvalue weighted by Crippen LogP contribution is 2.21. The summed E-state index contributed by atoms with van der Waals surface area (Å²) in [4.78, 5) is 21.3. The number of carbonyl (C=O) groups excluding carboxylic acids is 1. The molecular formula is C17H18BrN5OS. The first-order valence-electron chi connectivity index (χ1n) is 7.72. The van der Waals surface area contributed by atoms with E-state index in [4.69, 9.17) is 0 Å². The van der Waals surface area contributed by atoms with Gasteiger partial charge in [-0.1, -0.05) is 27.7 Å². The summed E-state index contributed by atoms with van der Waals surface area (Å²) < 4.78 is 2.72. The number of halogens is 1. The van der Waals surface area contributed by atoms with Crippen molar-refractivity contribution in [3.63, 3.8) is 0 Å². The maximum Gasteiger partial charge on any atom is 0.253 e. The fraction of sp³-hybridized carbons (Fsp3) is 0.294. The molecule has 130 valence electrons. The molecule has 0 atom stereocenters. The number of thioether (sulfide) groups is 1. The van der Waals surface area contributed by atoms with Crippen molar-refractivity contribution in [1.82, 2.24) is 19.6 Å². The van der Waals surface area contributed by atoms with Crippen LogP contribution in [0.4, 0.5) is 5.69 Å². The van der Waals surface area contributed by atoms with Crippen molar-refractivity contribution >= 4 is 45.1 Å². The Balaban J connectivity index is 1.86. The monoisotopic (exact) mass is 419 g/mol. The molecule has 25 heavy (non-hydrogen) atoms. The molecule has 0 spiro atoms. The Morgan fingerprint density at radius 1 is 1.28 bits per heavy atom. The Morgan fingerprint density at radius 3 is 2.72 bits per heavy atom. The molecule has 3 aromatic rings. The van der Waals surface area contributed by atoms with Crippen LogP contribution < -0.4 is 5.32 Å². The molecule has 0 unspecified atom stereocenters. The number of rotatable bonds is 4. The summed E-state index contributed by atoms with van der Waals surface area (Å²) in [7, 11) is 0. The van der Waals surface area contributed by atoms with Gasteiger partial charge < -0.3 is 5.32 Å². The summed E-state index contributed by atoms with van der Waals surface area (Å²) >= 11 is 4.93. The molecule has 1 aromatic carbocycles. The molecule has 0 aliphatic carbocycles. The summed E-state index contributed by atoms with van der Waals surface area (Å²) in [6.07, 6.45) is 2.16. The standard InChI is InChI=1S/C17H18BrN5OS/c1-9-7-12(5-6-14(9)18)20-15(24)8-13-10(2)19-16-21-17(25-4)22-23(16)11(13)3/h5-7H,8H2,1-4H3,(H,20,24). The molecule has 0 bridgehead atoms. The maximum atomic E-state index is 12.5. The molecule has 2 heterocycles. The number of nitrogens with zero attached hydrogens (tertiary/aromatic N) is 4. The van der Waals surface area contributed by atoms with E-state index in [1.807, 2.05) is 45.2 Å². The van der Waals surface area contributed by atoms with E-state index in [1.165, 1.54) is 11.8 Å². The minimum atomic E-state index is -0.0840. The molecule has 3 rings (SSSR count). The zero-order chi connectivity index (χ0) is 18.1. The van der Waals surface area contributed by atoms with Gasteiger partial charge in [0.05, 0.1) is 6.42 Å². The molecule has 1 N–H and O–H groups in total. The minimum Gasteiger partial charge on any atom is -0.326 e. The van der Waals surface area contributed by atoms with Gasteiger partial charge in [0.2, 0.25) is 11.1 Å². The van der Waals surface area contributed by atoms with Crippen molar-refractivity contribution in [3.8, 4) is 0 Å². The lowest BCUT2D eigenvalue weighted by molar-refractivity contribution is -0.115. The lowest BCUT2D eigenvalue weighted by Crippen LogP contribution is -2.17. The Hall–Kier alpha value is -1.93. The van der Waals surface area contributed by atoms with Crippen molar-refractivity contribution in [2.75, 3.05) is 11.6 Å². The number of benzene rings is 1. The van der Waals surface area contributed by atoms with Crippen LogP contribution in [-0.4, -0.2) is 31.7 Å². The highest BCUT2D eigenvalue weighted by molar-refractivity contribution is 9.10. The van der Waals surface area contributed by atoms with Gasteiger partial charge >= 0.3 is 0 Å². The molecule has 0 radical (unpaired) electrons. The zero-order valence-electron chi connectivity index (χ0n) is 14.4. The topological polar surface area (TPSA) is 72.2 Å². The third-order valence-electron chi connectivity index (χ3n) is 3.99. The van der Waals surface area contributed by atoms with E-state index in [0.29, 0.717) is 10.9 Å². The first kappa shape index (κ1) is 17.9. The summed E-state index contributed by atoms with van der Waals surface area (Å²) in [5.74, 6) is 0.478. The average Bonchev–Trinajstić information content (AvgIpc) is 2.98. The minimum absolute atomic E-state index is 0.0840. The van der Waals surface area contributed by atoms with Gasteiger partial charge in [-0.15, -0.1) is 5.10 Å². The van der Waals surface area contributed by atoms with Gasteiger partial charge in [-0.25, -0.2) is 9.50 Å². The second-order valence-corrected chi connectivity index (χ2v) is 7.39. The third-order valence-corrected chi connectivity index (χ3v) is 5.42. The normalized spacial score (nSPS) is 11.1. The summed E-state index contributed by atoms with van der Waals surface area (Å²) in [5, 5.41) is 8.02. The summed E-state index contributed by atoms with van der Waals surface area (Å²) in [5.41, 5.74) is 4.40. The van der Waals surface area contributed by atoms with Gasteiger partial charge in [-0.2, -0.15) is 4.98 Å². The van der Waals surface area contributed by atoms with Crippen LogP contribution in [0.1, 0.15) is 22.5 Å². The number of fused-ring (bicyclic) bond motifs is 1. The molecule has 1 amide bonds. The molecule has 8 heteroatoms. The first-order valence-corrected chi connectivity index (χ1v) is 9.73. The lowest BCUT2D eigenvalue weighted by atomic mass is 10.1. The van der Waals surface area contributed by atoms with Crippen LogP contribution in [0.25, 0.3) is 5.78 Å². The van der Waals surface area contributed by atoms with Crippen LogP contribution >= 0.6 is 27.7 Å². The number of anilines is 1. The number of aryl methyl sites for hydroxylation is 3. The Bertz CT molecular complexity index is 969. The van der Waals surface area contributed by atoms with E-state index < -0.39 is 0 Å². The van der Waals surface area contributed by atoms with Crippen LogP contribution in [0.2, 0.25) is 0 Å². The van der Waals surface area contributed by atoms with Crippen molar-refractivity contribution < 1.29 is 4.79 Å². The van der Waals surface area contributed by atoms with E-state index in [2.05, 4.69) is 36.3 Å². The smallest absolute Gasteiger partial charge is 0.253 e. The molecule has 0 saturated carbocycles. The van der Waals surface area contributed by atoms with Crippen LogP contribution in [0.5, 0.6) is 0 Å². The number of carbonyl (C=O) groups is 1. The maximum absolute atomic E-state index is 12.5. The van der Waals surface area contributed by atoms with Crippen molar-refractivity contribution in [2.24, 2.45) is 0 Å². The van der Waals surface area contributed by atoms with Crippen molar-refractivity contribution in [1.29, 1.82) is 0 Å². The highest BCUT2D eigenvalue weighted by Gasteiger charge is 2.16. The number of aromatic nitrogens is 4. The van der Waals surface area contributed by atoms with Crippen molar-refractivity contribution in [2.45, 2.75) is 32.3 Å². The molecule has 0 fully saturated rings. The van der Waals surface area contributed by atoms with Crippen molar-refractivity contribution in [3.05, 3.63) is 45.2 Å². The fourth-order valence-corrected chi connectivity index (χ4v) is 3.20. The predicted octanol–water partition coefficient (Wildman–Crippen LogP) is 3.72. The van der Waals surface area contributed by atoms with Gasteiger partial charge in [0, 0.05) is 27.1 Å². The summed E-state index contributed by atoms with van der Waals surface area (Å²) in [6, 6.07) is 5.73. The number of amides is 1. The second-order valence-electron chi connectivity index (χ2n) is 5.76. The number of hydrogen-bond acceptors (Lipinski definition) is 5. The van der Waals surface area contributed by atoms with Crippen LogP contribution in [0.15, 0.2) is 27.8 Å². The Labute approximate surface area is 158 Å². The van der Waals surface area contributed by atoms with Crippen LogP contribution in [-0.2, 0) is 11.2 Å². The average molecular weight is 420 g/mol. The van der Waals surface area contributed by atoms with E-state index in [1.54, 1.807) is 4.52 Å². The number of nitrogens with one attached hydrogen (secondary N) is 1. The molecular weight excluding hydrogens is 402 g/mol. The van der Waals surface area contributed by atoms with Gasteiger partial charge in [-0.3, -0.25) is 4.79 Å².